The Kier molecular flexibility index (Phi) is 5.16. The van der Waals surface area contributed by atoms with Crippen molar-refractivity contribution in [1.82, 2.24) is 10.2 Å². The molecule has 3 aliphatic heterocycles. The number of primary amides is 1. The fraction of sp³-hybridized carbons (Fsp3) is 0.360. The van der Waals surface area contributed by atoms with Crippen LogP contribution in [0.5, 0.6) is 5.75 Å². The van der Waals surface area contributed by atoms with Gasteiger partial charge in [0.05, 0.1) is 25.5 Å². The number of anilines is 1. The van der Waals surface area contributed by atoms with Crippen molar-refractivity contribution in [1.29, 1.82) is 0 Å². The molecule has 2 aromatic carbocycles. The number of benzene rings is 2. The van der Waals surface area contributed by atoms with E-state index in [1.165, 1.54) is 4.90 Å². The lowest BCUT2D eigenvalue weighted by molar-refractivity contribution is -0.143. The number of hydrogen-bond acceptors (Lipinski definition) is 6. The molecular weight excluding hydrogens is 436 g/mol. The Labute approximate surface area is 196 Å². The van der Waals surface area contributed by atoms with Crippen LogP contribution in [0.4, 0.5) is 5.69 Å². The van der Waals surface area contributed by atoms with Crippen molar-refractivity contribution in [2.75, 3.05) is 12.4 Å². The number of para-hydroxylation sites is 1. The molecule has 4 amide bonds. The first-order chi connectivity index (χ1) is 16.3. The molecule has 0 aromatic heterocycles. The van der Waals surface area contributed by atoms with E-state index in [9.17, 15) is 19.2 Å². The first-order valence-electron chi connectivity index (χ1n) is 11.2. The largest absolute Gasteiger partial charge is 0.497 e. The molecule has 0 saturated carbocycles. The van der Waals surface area contributed by atoms with Crippen molar-refractivity contribution in [2.45, 2.75) is 37.9 Å². The monoisotopic (exact) mass is 462 g/mol. The van der Waals surface area contributed by atoms with Crippen LogP contribution in [0.3, 0.4) is 0 Å². The first kappa shape index (κ1) is 22.1. The van der Waals surface area contributed by atoms with Gasteiger partial charge in [-0.15, -0.1) is 0 Å². The van der Waals surface area contributed by atoms with Gasteiger partial charge in [0, 0.05) is 23.7 Å². The summed E-state index contributed by atoms with van der Waals surface area (Å²) in [5, 5.41) is 6.23. The molecule has 2 fully saturated rings. The molecular formula is C25H26N4O5. The smallest absolute Gasteiger partial charge is 0.250 e. The summed E-state index contributed by atoms with van der Waals surface area (Å²) in [6, 6.07) is 12.1. The number of aryl methyl sites for hydroxylation is 1. The van der Waals surface area contributed by atoms with Gasteiger partial charge in [0.25, 0.3) is 0 Å². The summed E-state index contributed by atoms with van der Waals surface area (Å²) >= 11 is 0. The molecule has 0 unspecified atom stereocenters. The summed E-state index contributed by atoms with van der Waals surface area (Å²) in [6.07, 6.45) is 0.293. The van der Waals surface area contributed by atoms with Crippen LogP contribution in [0.2, 0.25) is 0 Å². The minimum Gasteiger partial charge on any atom is -0.497 e. The maximum absolute atomic E-state index is 13.8. The van der Waals surface area contributed by atoms with Crippen LogP contribution in [-0.4, -0.2) is 41.7 Å². The highest BCUT2D eigenvalue weighted by atomic mass is 16.5. The number of imide groups is 1. The highest BCUT2D eigenvalue weighted by molar-refractivity contribution is 6.15. The topological polar surface area (TPSA) is 131 Å². The Hall–Kier alpha value is -3.72. The highest BCUT2D eigenvalue weighted by Crippen LogP contribution is 2.54. The molecule has 0 bridgehead atoms. The van der Waals surface area contributed by atoms with Crippen molar-refractivity contribution in [2.24, 2.45) is 17.6 Å². The van der Waals surface area contributed by atoms with E-state index in [4.69, 9.17) is 10.5 Å². The molecule has 5 rings (SSSR count). The number of carbonyl (C=O) groups excluding carboxylic acids is 4. The molecule has 176 valence electrons. The van der Waals surface area contributed by atoms with Gasteiger partial charge in [-0.3, -0.25) is 29.4 Å². The minimum absolute atomic E-state index is 0.0409. The van der Waals surface area contributed by atoms with Crippen molar-refractivity contribution >= 4 is 29.3 Å². The summed E-state index contributed by atoms with van der Waals surface area (Å²) in [5.41, 5.74) is 6.94. The number of carbonyl (C=O) groups is 4. The second-order valence-electron chi connectivity index (χ2n) is 9.13. The number of ether oxygens (including phenoxy) is 1. The number of nitrogens with two attached hydrogens (primary N) is 1. The fourth-order valence-electron chi connectivity index (χ4n) is 5.65. The summed E-state index contributed by atoms with van der Waals surface area (Å²) < 4.78 is 5.18. The van der Waals surface area contributed by atoms with E-state index in [1.54, 1.807) is 31.4 Å². The summed E-state index contributed by atoms with van der Waals surface area (Å²) in [4.78, 5) is 53.6. The summed E-state index contributed by atoms with van der Waals surface area (Å²) in [5.74, 6) is -2.63. The predicted octanol–water partition coefficient (Wildman–Crippen LogP) is 1.19. The van der Waals surface area contributed by atoms with Crippen LogP contribution in [0, 0.1) is 18.8 Å². The van der Waals surface area contributed by atoms with E-state index in [1.807, 2.05) is 25.1 Å². The Balaban J connectivity index is 1.56. The molecule has 0 radical (unpaired) electrons. The predicted molar refractivity (Wildman–Crippen MR) is 122 cm³/mol. The normalized spacial score (nSPS) is 27.2. The zero-order valence-electron chi connectivity index (χ0n) is 19.0. The van der Waals surface area contributed by atoms with E-state index >= 15 is 0 Å². The number of hydrogen-bond donors (Lipinski definition) is 3. The average Bonchev–Trinajstić information content (AvgIpc) is 3.40. The van der Waals surface area contributed by atoms with Crippen LogP contribution in [0.25, 0.3) is 0 Å². The van der Waals surface area contributed by atoms with Crippen molar-refractivity contribution in [3.05, 3.63) is 59.2 Å². The zero-order chi connectivity index (χ0) is 24.2. The SMILES string of the molecule is COc1ccc(CN2C(=O)[C@@H]3[C@@H](CCC(N)=O)N[C@@]4(C(=O)Nc5c(C)cccc54)[C@H]3C2=O)cc1. The molecule has 4 N–H and O–H groups in total. The first-order valence-corrected chi connectivity index (χ1v) is 11.2. The lowest BCUT2D eigenvalue weighted by atomic mass is 9.76. The minimum atomic E-state index is -1.38. The third-order valence-electron chi connectivity index (χ3n) is 7.25. The van der Waals surface area contributed by atoms with Gasteiger partial charge in [-0.1, -0.05) is 30.3 Å². The molecule has 9 heteroatoms. The number of likely N-dealkylation sites (tertiary alicyclic amines) is 1. The molecule has 3 heterocycles. The zero-order valence-corrected chi connectivity index (χ0v) is 19.0. The van der Waals surface area contributed by atoms with Gasteiger partial charge in [0.1, 0.15) is 11.3 Å². The van der Waals surface area contributed by atoms with E-state index in [2.05, 4.69) is 10.6 Å². The molecule has 0 aliphatic carbocycles. The van der Waals surface area contributed by atoms with Gasteiger partial charge in [-0.2, -0.15) is 0 Å². The number of methoxy groups -OCH3 is 1. The lowest BCUT2D eigenvalue weighted by Gasteiger charge is -2.29. The quantitative estimate of drug-likeness (QED) is 0.553. The molecule has 4 atom stereocenters. The van der Waals surface area contributed by atoms with Crippen LogP contribution < -0.4 is 21.1 Å². The number of nitrogens with one attached hydrogen (secondary N) is 2. The van der Waals surface area contributed by atoms with E-state index in [0.717, 1.165) is 11.1 Å². The number of rotatable bonds is 6. The Morgan fingerprint density at radius 3 is 2.53 bits per heavy atom. The molecule has 9 nitrogen and oxygen atoms in total. The van der Waals surface area contributed by atoms with Gasteiger partial charge in [0.2, 0.25) is 23.6 Å². The van der Waals surface area contributed by atoms with E-state index in [-0.39, 0.29) is 31.2 Å². The van der Waals surface area contributed by atoms with Crippen molar-refractivity contribution in [3.63, 3.8) is 0 Å². The second-order valence-corrected chi connectivity index (χ2v) is 9.13. The summed E-state index contributed by atoms with van der Waals surface area (Å²) in [7, 11) is 1.56. The van der Waals surface area contributed by atoms with Gasteiger partial charge >= 0.3 is 0 Å². The van der Waals surface area contributed by atoms with Gasteiger partial charge in [-0.05, 0) is 36.6 Å². The molecule has 1 spiro atoms. The average molecular weight is 463 g/mol. The second kappa shape index (κ2) is 7.95. The summed E-state index contributed by atoms with van der Waals surface area (Å²) in [6.45, 7) is 1.97. The number of amides is 4. The number of fused-ring (bicyclic) bond motifs is 4. The Bertz CT molecular complexity index is 1210. The maximum atomic E-state index is 13.8. The number of nitrogens with zero attached hydrogens (tertiary/aromatic N) is 1. The molecule has 2 saturated heterocycles. The standard InChI is InChI=1S/C25H26N4O5/c1-13-4-3-5-16-21(13)27-24(33)25(16)20-19(17(28-25)10-11-18(26)30)22(31)29(23(20)32)12-14-6-8-15(34-2)9-7-14/h3-9,17,19-20,28H,10-12H2,1-2H3,(H2,26,30)(H,27,33)/t17-,19-,20-,25-/m1/s1. The third-order valence-corrected chi connectivity index (χ3v) is 7.25. The van der Waals surface area contributed by atoms with E-state index < -0.39 is 35.2 Å². The van der Waals surface area contributed by atoms with Crippen molar-refractivity contribution < 1.29 is 23.9 Å². The van der Waals surface area contributed by atoms with Crippen molar-refractivity contribution in [3.8, 4) is 5.75 Å². The van der Waals surface area contributed by atoms with Crippen LogP contribution in [0.15, 0.2) is 42.5 Å². The highest BCUT2D eigenvalue weighted by Gasteiger charge is 2.70. The third kappa shape index (κ3) is 3.11. The van der Waals surface area contributed by atoms with Gasteiger partial charge in [-0.25, -0.2) is 0 Å². The Morgan fingerprint density at radius 2 is 1.85 bits per heavy atom. The lowest BCUT2D eigenvalue weighted by Crippen LogP contribution is -2.53. The van der Waals surface area contributed by atoms with Crippen LogP contribution >= 0.6 is 0 Å². The molecule has 34 heavy (non-hydrogen) atoms. The van der Waals surface area contributed by atoms with E-state index in [0.29, 0.717) is 17.0 Å². The van der Waals surface area contributed by atoms with Gasteiger partial charge < -0.3 is 15.8 Å². The van der Waals surface area contributed by atoms with Gasteiger partial charge in [0.15, 0.2) is 0 Å². The molecule has 3 aliphatic rings. The molecule has 2 aromatic rings. The van der Waals surface area contributed by atoms with Crippen LogP contribution in [0.1, 0.15) is 29.5 Å². The maximum Gasteiger partial charge on any atom is 0.250 e. The van der Waals surface area contributed by atoms with Crippen LogP contribution in [-0.2, 0) is 31.3 Å². The fourth-order valence-corrected chi connectivity index (χ4v) is 5.65. The Morgan fingerprint density at radius 1 is 1.12 bits per heavy atom.